The Bertz CT molecular complexity index is 479. The number of amides is 1. The van der Waals surface area contributed by atoms with E-state index < -0.39 is 0 Å². The second-order valence-corrected chi connectivity index (χ2v) is 5.81. The monoisotopic (exact) mass is 304 g/mol. The molecule has 22 heavy (non-hydrogen) atoms. The molecule has 120 valence electrons. The van der Waals surface area contributed by atoms with Gasteiger partial charge in [-0.25, -0.2) is 4.98 Å². The molecule has 2 aliphatic heterocycles. The maximum absolute atomic E-state index is 12.1. The number of anilines is 1. The first-order chi connectivity index (χ1) is 10.8. The first-order valence-electron chi connectivity index (χ1n) is 8.12. The smallest absolute Gasteiger partial charge is 0.269 e. The number of ether oxygens (including phenoxy) is 1. The number of hydrogen-bond donors (Lipinski definition) is 1. The number of carbonyl (C=O) groups is 1. The molecule has 0 bridgehead atoms. The number of nitrogens with one attached hydrogen (secondary N) is 1. The minimum atomic E-state index is -0.0961. The van der Waals surface area contributed by atoms with E-state index in [1.54, 1.807) is 0 Å². The van der Waals surface area contributed by atoms with E-state index in [4.69, 9.17) is 4.74 Å². The summed E-state index contributed by atoms with van der Waals surface area (Å²) in [6.45, 7) is 7.15. The molecule has 0 saturated carbocycles. The van der Waals surface area contributed by atoms with Gasteiger partial charge in [0.25, 0.3) is 5.91 Å². The molecule has 0 radical (unpaired) electrons. The van der Waals surface area contributed by atoms with Gasteiger partial charge in [-0.15, -0.1) is 0 Å². The van der Waals surface area contributed by atoms with Gasteiger partial charge in [0.1, 0.15) is 5.69 Å². The molecule has 2 fully saturated rings. The molecule has 0 aromatic carbocycles. The third-order valence-electron chi connectivity index (χ3n) is 4.27. The highest BCUT2D eigenvalue weighted by atomic mass is 16.5. The molecular weight excluding hydrogens is 280 g/mol. The molecule has 2 saturated heterocycles. The lowest BCUT2D eigenvalue weighted by molar-refractivity contribution is 0.0383. The summed E-state index contributed by atoms with van der Waals surface area (Å²) in [5, 5.41) is 2.94. The highest BCUT2D eigenvalue weighted by molar-refractivity contribution is 5.92. The molecule has 3 heterocycles. The quantitative estimate of drug-likeness (QED) is 0.870. The van der Waals surface area contributed by atoms with Crippen molar-refractivity contribution in [3.63, 3.8) is 0 Å². The van der Waals surface area contributed by atoms with Gasteiger partial charge in [-0.05, 0) is 25.0 Å². The van der Waals surface area contributed by atoms with Crippen LogP contribution in [0.4, 0.5) is 5.69 Å². The van der Waals surface area contributed by atoms with Crippen molar-refractivity contribution in [1.29, 1.82) is 0 Å². The van der Waals surface area contributed by atoms with Gasteiger partial charge in [-0.2, -0.15) is 0 Å². The van der Waals surface area contributed by atoms with Crippen LogP contribution in [0, 0.1) is 0 Å². The predicted octanol–water partition coefficient (Wildman–Crippen LogP) is 0.744. The van der Waals surface area contributed by atoms with E-state index in [0.29, 0.717) is 12.2 Å². The summed E-state index contributed by atoms with van der Waals surface area (Å²) in [4.78, 5) is 21.0. The Kier molecular flexibility index (Phi) is 5.24. The number of rotatable bonds is 5. The zero-order chi connectivity index (χ0) is 15.2. The van der Waals surface area contributed by atoms with Gasteiger partial charge in [0.2, 0.25) is 0 Å². The summed E-state index contributed by atoms with van der Waals surface area (Å²) in [6, 6.07) is 3.81. The number of hydrogen-bond acceptors (Lipinski definition) is 5. The topological polar surface area (TPSA) is 57.7 Å². The lowest BCUT2D eigenvalue weighted by atomic mass is 10.3. The van der Waals surface area contributed by atoms with Crippen molar-refractivity contribution < 1.29 is 9.53 Å². The van der Waals surface area contributed by atoms with Gasteiger partial charge < -0.3 is 15.0 Å². The van der Waals surface area contributed by atoms with E-state index in [1.807, 2.05) is 18.3 Å². The summed E-state index contributed by atoms with van der Waals surface area (Å²) in [5.74, 6) is -0.0961. The lowest BCUT2D eigenvalue weighted by Gasteiger charge is -2.26. The van der Waals surface area contributed by atoms with E-state index in [9.17, 15) is 4.79 Å². The zero-order valence-corrected chi connectivity index (χ0v) is 13.0. The molecule has 1 aromatic heterocycles. The largest absolute Gasteiger partial charge is 0.379 e. The van der Waals surface area contributed by atoms with Crippen molar-refractivity contribution in [2.45, 2.75) is 12.8 Å². The van der Waals surface area contributed by atoms with Gasteiger partial charge in [0, 0.05) is 39.3 Å². The van der Waals surface area contributed by atoms with Crippen LogP contribution in [0.15, 0.2) is 18.3 Å². The predicted molar refractivity (Wildman–Crippen MR) is 85.3 cm³/mol. The SMILES string of the molecule is O=C(NCCN1CCOCC1)c1ccc(N2CCCC2)cn1. The molecule has 0 aliphatic carbocycles. The van der Waals surface area contributed by atoms with Gasteiger partial charge in [0.15, 0.2) is 0 Å². The van der Waals surface area contributed by atoms with E-state index in [-0.39, 0.29) is 5.91 Å². The minimum Gasteiger partial charge on any atom is -0.379 e. The van der Waals surface area contributed by atoms with Gasteiger partial charge in [0.05, 0.1) is 25.1 Å². The highest BCUT2D eigenvalue weighted by Gasteiger charge is 2.14. The van der Waals surface area contributed by atoms with Crippen LogP contribution < -0.4 is 10.2 Å². The molecule has 0 unspecified atom stereocenters. The molecular formula is C16H24N4O2. The molecule has 0 spiro atoms. The summed E-state index contributed by atoms with van der Waals surface area (Å²) in [7, 11) is 0. The fraction of sp³-hybridized carbons (Fsp3) is 0.625. The van der Waals surface area contributed by atoms with E-state index in [0.717, 1.165) is 51.6 Å². The number of pyridine rings is 1. The molecule has 1 aromatic rings. The van der Waals surface area contributed by atoms with E-state index in [1.165, 1.54) is 12.8 Å². The lowest BCUT2D eigenvalue weighted by Crippen LogP contribution is -2.41. The van der Waals surface area contributed by atoms with Crippen molar-refractivity contribution in [3.8, 4) is 0 Å². The fourth-order valence-electron chi connectivity index (χ4n) is 2.93. The van der Waals surface area contributed by atoms with Crippen LogP contribution in [-0.4, -0.2) is 68.3 Å². The van der Waals surface area contributed by atoms with Gasteiger partial charge in [-0.1, -0.05) is 0 Å². The Labute approximate surface area is 131 Å². The van der Waals surface area contributed by atoms with Gasteiger partial charge >= 0.3 is 0 Å². The van der Waals surface area contributed by atoms with Crippen LogP contribution in [-0.2, 0) is 4.74 Å². The number of aromatic nitrogens is 1. The average Bonchev–Trinajstić information content (AvgIpc) is 3.10. The second-order valence-electron chi connectivity index (χ2n) is 5.81. The van der Waals surface area contributed by atoms with Crippen molar-refractivity contribution >= 4 is 11.6 Å². The van der Waals surface area contributed by atoms with Crippen LogP contribution in [0.2, 0.25) is 0 Å². The van der Waals surface area contributed by atoms with Crippen molar-refractivity contribution in [3.05, 3.63) is 24.0 Å². The first kappa shape index (κ1) is 15.2. The van der Waals surface area contributed by atoms with Crippen LogP contribution in [0.5, 0.6) is 0 Å². The number of nitrogens with zero attached hydrogens (tertiary/aromatic N) is 3. The maximum atomic E-state index is 12.1. The van der Waals surface area contributed by atoms with Crippen LogP contribution >= 0.6 is 0 Å². The first-order valence-corrected chi connectivity index (χ1v) is 8.12. The molecule has 6 heteroatoms. The summed E-state index contributed by atoms with van der Waals surface area (Å²) >= 11 is 0. The second kappa shape index (κ2) is 7.56. The summed E-state index contributed by atoms with van der Waals surface area (Å²) in [5.41, 5.74) is 1.60. The summed E-state index contributed by atoms with van der Waals surface area (Å²) in [6.07, 6.45) is 4.29. The minimum absolute atomic E-state index is 0.0961. The van der Waals surface area contributed by atoms with Crippen molar-refractivity contribution in [2.75, 3.05) is 57.4 Å². The van der Waals surface area contributed by atoms with Crippen LogP contribution in [0.3, 0.4) is 0 Å². The third-order valence-corrected chi connectivity index (χ3v) is 4.27. The third kappa shape index (κ3) is 3.96. The molecule has 1 amide bonds. The van der Waals surface area contributed by atoms with Gasteiger partial charge in [-0.3, -0.25) is 9.69 Å². The number of carbonyl (C=O) groups excluding carboxylic acids is 1. The Hall–Kier alpha value is -1.66. The molecule has 3 rings (SSSR count). The van der Waals surface area contributed by atoms with E-state index >= 15 is 0 Å². The Balaban J connectivity index is 1.45. The summed E-state index contributed by atoms with van der Waals surface area (Å²) < 4.78 is 5.31. The Morgan fingerprint density at radius 1 is 1.18 bits per heavy atom. The number of morpholine rings is 1. The molecule has 2 aliphatic rings. The normalized spacial score (nSPS) is 19.4. The zero-order valence-electron chi connectivity index (χ0n) is 13.0. The Morgan fingerprint density at radius 2 is 1.95 bits per heavy atom. The van der Waals surface area contributed by atoms with Crippen molar-refractivity contribution in [2.24, 2.45) is 0 Å². The fourth-order valence-corrected chi connectivity index (χ4v) is 2.93. The molecule has 6 nitrogen and oxygen atoms in total. The Morgan fingerprint density at radius 3 is 2.64 bits per heavy atom. The standard InChI is InChI=1S/C16H24N4O2/c21-16(17-5-8-19-9-11-22-12-10-19)15-4-3-14(13-18-15)20-6-1-2-7-20/h3-4,13H,1-2,5-12H2,(H,17,21). The maximum Gasteiger partial charge on any atom is 0.269 e. The molecule has 1 N–H and O–H groups in total. The van der Waals surface area contributed by atoms with Crippen LogP contribution in [0.1, 0.15) is 23.3 Å². The van der Waals surface area contributed by atoms with Crippen LogP contribution in [0.25, 0.3) is 0 Å². The van der Waals surface area contributed by atoms with E-state index in [2.05, 4.69) is 20.1 Å². The van der Waals surface area contributed by atoms with Crippen molar-refractivity contribution in [1.82, 2.24) is 15.2 Å². The highest BCUT2D eigenvalue weighted by Crippen LogP contribution is 2.18. The average molecular weight is 304 g/mol. The molecule has 0 atom stereocenters.